The minimum absolute atomic E-state index is 0.222. The molecule has 1 unspecified atom stereocenters. The van der Waals surface area contributed by atoms with E-state index in [1.54, 1.807) is 17.1 Å². The second kappa shape index (κ2) is 7.95. The molecule has 0 aliphatic heterocycles. The van der Waals surface area contributed by atoms with E-state index in [0.29, 0.717) is 29.7 Å². The summed E-state index contributed by atoms with van der Waals surface area (Å²) in [6, 6.07) is 9.60. The third-order valence-corrected chi connectivity index (χ3v) is 3.88. The quantitative estimate of drug-likeness (QED) is 0.706. The first kappa shape index (κ1) is 17.8. The van der Waals surface area contributed by atoms with Crippen molar-refractivity contribution in [3.8, 4) is 0 Å². The predicted octanol–water partition coefficient (Wildman–Crippen LogP) is 3.00. The molecule has 0 fully saturated rings. The Bertz CT molecular complexity index is 854. The van der Waals surface area contributed by atoms with Crippen LogP contribution in [0.15, 0.2) is 47.2 Å². The van der Waals surface area contributed by atoms with Crippen LogP contribution in [0.5, 0.6) is 0 Å². The van der Waals surface area contributed by atoms with E-state index in [9.17, 15) is 4.79 Å². The van der Waals surface area contributed by atoms with Crippen LogP contribution in [0.3, 0.4) is 0 Å². The van der Waals surface area contributed by atoms with Gasteiger partial charge in [0.05, 0.1) is 18.3 Å². The number of nitrogens with one attached hydrogen (secondary N) is 1. The first-order valence-electron chi connectivity index (χ1n) is 8.71. The van der Waals surface area contributed by atoms with Gasteiger partial charge in [-0.15, -0.1) is 0 Å². The summed E-state index contributed by atoms with van der Waals surface area (Å²) in [5, 5.41) is 11.1. The van der Waals surface area contributed by atoms with E-state index in [0.717, 1.165) is 12.0 Å². The van der Waals surface area contributed by atoms with Crippen LogP contribution in [0.4, 0.5) is 0 Å². The minimum Gasteiger partial charge on any atom is -0.340 e. The highest BCUT2D eigenvalue weighted by Crippen LogP contribution is 2.13. The molecule has 2 heterocycles. The van der Waals surface area contributed by atoms with Crippen molar-refractivity contribution >= 4 is 5.91 Å². The van der Waals surface area contributed by atoms with E-state index >= 15 is 0 Å². The predicted molar refractivity (Wildman–Crippen MR) is 96.5 cm³/mol. The van der Waals surface area contributed by atoms with E-state index in [-0.39, 0.29) is 11.9 Å². The molecular weight excluding hydrogens is 330 g/mol. The molecule has 2 aromatic heterocycles. The maximum absolute atomic E-state index is 12.4. The minimum atomic E-state index is -0.367. The molecule has 3 aromatic rings. The fraction of sp³-hybridized carbons (Fsp3) is 0.368. The third kappa shape index (κ3) is 4.56. The smallest absolute Gasteiger partial charge is 0.255 e. The molecule has 0 bridgehead atoms. The molecule has 3 rings (SSSR count). The largest absolute Gasteiger partial charge is 0.340 e. The second-order valence-electron chi connectivity index (χ2n) is 6.75. The molecule has 0 aliphatic rings. The van der Waals surface area contributed by atoms with Crippen molar-refractivity contribution in [2.75, 3.05) is 0 Å². The van der Waals surface area contributed by atoms with Crippen molar-refractivity contribution in [2.24, 2.45) is 5.92 Å². The van der Waals surface area contributed by atoms with E-state index in [1.807, 2.05) is 37.3 Å². The van der Waals surface area contributed by atoms with Gasteiger partial charge >= 0.3 is 0 Å². The first-order valence-corrected chi connectivity index (χ1v) is 8.71. The van der Waals surface area contributed by atoms with Gasteiger partial charge < -0.3 is 9.84 Å². The van der Waals surface area contributed by atoms with Crippen LogP contribution in [0.25, 0.3) is 0 Å². The summed E-state index contributed by atoms with van der Waals surface area (Å²) < 4.78 is 6.99. The lowest BCUT2D eigenvalue weighted by molar-refractivity contribution is 0.0932. The van der Waals surface area contributed by atoms with Gasteiger partial charge in [-0.2, -0.15) is 10.1 Å². The van der Waals surface area contributed by atoms with Gasteiger partial charge in [0.1, 0.15) is 6.04 Å². The van der Waals surface area contributed by atoms with E-state index < -0.39 is 0 Å². The molecule has 0 saturated heterocycles. The van der Waals surface area contributed by atoms with Gasteiger partial charge in [-0.3, -0.25) is 9.48 Å². The highest BCUT2D eigenvalue weighted by molar-refractivity contribution is 5.93. The molecule has 26 heavy (non-hydrogen) atoms. The summed E-state index contributed by atoms with van der Waals surface area (Å²) in [4.78, 5) is 16.8. The van der Waals surface area contributed by atoms with Crippen molar-refractivity contribution in [1.82, 2.24) is 25.2 Å². The van der Waals surface area contributed by atoms with Crippen LogP contribution in [0.1, 0.15) is 54.4 Å². The molecule has 7 nitrogen and oxygen atoms in total. The van der Waals surface area contributed by atoms with Crippen LogP contribution < -0.4 is 5.32 Å². The Labute approximate surface area is 152 Å². The van der Waals surface area contributed by atoms with E-state index in [4.69, 9.17) is 4.52 Å². The molecule has 1 atom stereocenters. The summed E-state index contributed by atoms with van der Waals surface area (Å²) in [7, 11) is 0. The molecular formula is C19H23N5O2. The Balaban J connectivity index is 1.60. The normalized spacial score (nSPS) is 12.3. The van der Waals surface area contributed by atoms with Crippen LogP contribution >= 0.6 is 0 Å². The van der Waals surface area contributed by atoms with Crippen LogP contribution in [0, 0.1) is 5.92 Å². The van der Waals surface area contributed by atoms with Gasteiger partial charge in [-0.25, -0.2) is 0 Å². The second-order valence-corrected chi connectivity index (χ2v) is 6.75. The van der Waals surface area contributed by atoms with Crippen molar-refractivity contribution in [3.63, 3.8) is 0 Å². The maximum Gasteiger partial charge on any atom is 0.255 e. The van der Waals surface area contributed by atoms with E-state index in [2.05, 4.69) is 34.4 Å². The molecule has 0 spiro atoms. The Morgan fingerprint density at radius 3 is 2.73 bits per heavy atom. The van der Waals surface area contributed by atoms with Crippen molar-refractivity contribution < 1.29 is 9.32 Å². The maximum atomic E-state index is 12.4. The number of carbonyl (C=O) groups excluding carboxylic acids is 1. The lowest BCUT2D eigenvalue weighted by Crippen LogP contribution is -2.26. The number of rotatable bonds is 7. The van der Waals surface area contributed by atoms with Crippen molar-refractivity contribution in [1.29, 1.82) is 0 Å². The Hall–Kier alpha value is -2.96. The summed E-state index contributed by atoms with van der Waals surface area (Å²) in [5.74, 6) is 1.29. The van der Waals surface area contributed by atoms with Crippen molar-refractivity contribution in [2.45, 2.75) is 39.8 Å². The van der Waals surface area contributed by atoms with Crippen LogP contribution in [-0.2, 0) is 13.0 Å². The average molecular weight is 353 g/mol. The summed E-state index contributed by atoms with van der Waals surface area (Å²) in [5.41, 5.74) is 1.62. The van der Waals surface area contributed by atoms with Gasteiger partial charge in [-0.1, -0.05) is 49.3 Å². The van der Waals surface area contributed by atoms with Gasteiger partial charge in [0.25, 0.3) is 5.91 Å². The highest BCUT2D eigenvalue weighted by Gasteiger charge is 2.18. The zero-order valence-corrected chi connectivity index (χ0v) is 15.2. The molecule has 0 saturated carbocycles. The lowest BCUT2D eigenvalue weighted by Gasteiger charge is -2.08. The summed E-state index contributed by atoms with van der Waals surface area (Å²) in [6.07, 6.45) is 4.03. The molecule has 1 aromatic carbocycles. The van der Waals surface area contributed by atoms with Gasteiger partial charge in [0.2, 0.25) is 5.89 Å². The average Bonchev–Trinajstić information content (AvgIpc) is 3.25. The summed E-state index contributed by atoms with van der Waals surface area (Å²) >= 11 is 0. The van der Waals surface area contributed by atoms with Crippen LogP contribution in [0.2, 0.25) is 0 Å². The van der Waals surface area contributed by atoms with E-state index in [1.165, 1.54) is 0 Å². The van der Waals surface area contributed by atoms with Gasteiger partial charge in [-0.05, 0) is 18.4 Å². The molecule has 0 aliphatic carbocycles. The highest BCUT2D eigenvalue weighted by atomic mass is 16.5. The topological polar surface area (TPSA) is 85.8 Å². The number of aromatic nitrogens is 4. The number of hydrogen-bond acceptors (Lipinski definition) is 5. The number of carbonyl (C=O) groups is 1. The fourth-order valence-electron chi connectivity index (χ4n) is 2.57. The number of hydrogen-bond donors (Lipinski definition) is 1. The Morgan fingerprint density at radius 2 is 2.00 bits per heavy atom. The number of benzene rings is 1. The molecule has 136 valence electrons. The van der Waals surface area contributed by atoms with Crippen LogP contribution in [-0.4, -0.2) is 25.8 Å². The number of amides is 1. The Morgan fingerprint density at radius 1 is 1.23 bits per heavy atom. The zero-order chi connectivity index (χ0) is 18.5. The third-order valence-electron chi connectivity index (χ3n) is 3.88. The molecule has 7 heteroatoms. The molecule has 0 radical (unpaired) electrons. The molecule has 1 N–H and O–H groups in total. The fourth-order valence-corrected chi connectivity index (χ4v) is 2.57. The lowest BCUT2D eigenvalue weighted by atomic mass is 10.1. The molecule has 1 amide bonds. The van der Waals surface area contributed by atoms with Crippen molar-refractivity contribution in [3.05, 3.63) is 65.6 Å². The standard InChI is InChI=1S/C19H23N5O2/c1-13(2)9-17-22-19(26-23-17)14(3)21-18(25)16-10-20-24(12-16)11-15-7-5-4-6-8-15/h4-8,10,12-14H,9,11H2,1-3H3,(H,21,25). The Kier molecular flexibility index (Phi) is 5.46. The monoisotopic (exact) mass is 353 g/mol. The summed E-state index contributed by atoms with van der Waals surface area (Å²) in [6.45, 7) is 6.62. The van der Waals surface area contributed by atoms with Gasteiger partial charge in [0.15, 0.2) is 5.82 Å². The first-order chi connectivity index (χ1) is 12.5. The zero-order valence-electron chi connectivity index (χ0n) is 15.2. The number of nitrogens with zero attached hydrogens (tertiary/aromatic N) is 4. The van der Waals surface area contributed by atoms with Gasteiger partial charge in [0, 0.05) is 12.6 Å². The SMILES string of the molecule is CC(C)Cc1noc(C(C)NC(=O)c2cnn(Cc3ccccc3)c2)n1.